The van der Waals surface area contributed by atoms with Crippen LogP contribution >= 0.6 is 11.8 Å². The molecule has 0 aromatic carbocycles. The molecule has 17 heavy (non-hydrogen) atoms. The fraction of sp³-hybridized carbons (Fsp3) is 0.889. The molecule has 1 aliphatic heterocycles. The highest BCUT2D eigenvalue weighted by Gasteiger charge is 2.58. The van der Waals surface area contributed by atoms with Crippen molar-refractivity contribution in [3.63, 3.8) is 0 Å². The molecule has 0 aromatic heterocycles. The van der Waals surface area contributed by atoms with Crippen LogP contribution in [0, 0.1) is 0 Å². The Hall–Kier alpha value is -0.470. The molecule has 0 saturated heterocycles. The van der Waals surface area contributed by atoms with E-state index in [1.165, 1.54) is 4.90 Å². The minimum absolute atomic E-state index is 0.106. The maximum absolute atomic E-state index is 12.7. The Morgan fingerprint density at radius 2 is 2.24 bits per heavy atom. The molecule has 1 rings (SSSR count). The lowest BCUT2D eigenvalue weighted by Crippen LogP contribution is -2.55. The molecule has 0 fully saturated rings. The van der Waals surface area contributed by atoms with Gasteiger partial charge in [0, 0.05) is 13.7 Å². The van der Waals surface area contributed by atoms with E-state index in [1.807, 2.05) is 0 Å². The summed E-state index contributed by atoms with van der Waals surface area (Å²) in [5.74, 6) is 0. The molecule has 1 N–H and O–H groups in total. The van der Waals surface area contributed by atoms with Gasteiger partial charge >= 0.3 is 6.18 Å². The first kappa shape index (κ1) is 14.6. The number of aliphatic hydroxyl groups is 1. The zero-order chi connectivity index (χ0) is 13.3. The van der Waals surface area contributed by atoms with Gasteiger partial charge in [-0.25, -0.2) is 4.99 Å². The van der Waals surface area contributed by atoms with Crippen LogP contribution in [0.3, 0.4) is 0 Å². The predicted molar refractivity (Wildman–Crippen MR) is 59.7 cm³/mol. The van der Waals surface area contributed by atoms with Crippen molar-refractivity contribution in [3.8, 4) is 0 Å². The number of thioether (sulfide) groups is 1. The summed E-state index contributed by atoms with van der Waals surface area (Å²) in [6.45, 7) is 1.95. The SMILES string of the molecule is CCO[C@H]1C[C@@](O)(C(F)(F)F)N=C(SC)N1C. The number of nitrogens with zero attached hydrogens (tertiary/aromatic N) is 2. The zero-order valence-corrected chi connectivity index (χ0v) is 10.6. The smallest absolute Gasteiger partial charge is 0.362 e. The molecule has 0 radical (unpaired) electrons. The zero-order valence-electron chi connectivity index (χ0n) is 9.78. The maximum Gasteiger partial charge on any atom is 0.438 e. The van der Waals surface area contributed by atoms with Crippen LogP contribution in [0.15, 0.2) is 4.99 Å². The summed E-state index contributed by atoms with van der Waals surface area (Å²) in [6.07, 6.45) is -4.65. The van der Waals surface area contributed by atoms with Gasteiger partial charge in [-0.15, -0.1) is 0 Å². The minimum Gasteiger partial charge on any atom is -0.362 e. The summed E-state index contributed by atoms with van der Waals surface area (Å²) < 4.78 is 43.4. The summed E-state index contributed by atoms with van der Waals surface area (Å²) in [5.41, 5.74) is -3.06. The minimum atomic E-state index is -4.80. The van der Waals surface area contributed by atoms with Crippen LogP contribution < -0.4 is 0 Å². The van der Waals surface area contributed by atoms with E-state index >= 15 is 0 Å². The van der Waals surface area contributed by atoms with E-state index in [-0.39, 0.29) is 11.8 Å². The van der Waals surface area contributed by atoms with Gasteiger partial charge in [-0.2, -0.15) is 13.2 Å². The number of amidine groups is 1. The molecule has 0 aliphatic carbocycles. The second-order valence-corrected chi connectivity index (χ2v) is 4.41. The van der Waals surface area contributed by atoms with Crippen LogP contribution in [0.1, 0.15) is 13.3 Å². The van der Waals surface area contributed by atoms with E-state index in [4.69, 9.17) is 4.74 Å². The van der Waals surface area contributed by atoms with Crippen LogP contribution in [0.2, 0.25) is 0 Å². The van der Waals surface area contributed by atoms with Crippen LogP contribution in [-0.4, -0.2) is 53.2 Å². The Morgan fingerprint density at radius 1 is 1.65 bits per heavy atom. The molecule has 0 spiro atoms. The molecule has 0 amide bonds. The second kappa shape index (κ2) is 5.03. The lowest BCUT2D eigenvalue weighted by atomic mass is 10.1. The molecule has 1 aliphatic rings. The third-order valence-electron chi connectivity index (χ3n) is 2.47. The first-order valence-corrected chi connectivity index (χ1v) is 6.25. The lowest BCUT2D eigenvalue weighted by molar-refractivity contribution is -0.274. The molecule has 8 heteroatoms. The molecule has 1 heterocycles. The Bertz CT molecular complexity index is 311. The van der Waals surface area contributed by atoms with E-state index in [0.29, 0.717) is 0 Å². The van der Waals surface area contributed by atoms with Crippen LogP contribution in [-0.2, 0) is 4.74 Å². The van der Waals surface area contributed by atoms with Crippen LogP contribution in [0.25, 0.3) is 0 Å². The molecular formula is C9H15F3N2O2S. The number of aliphatic imine (C=N–C) groups is 1. The van der Waals surface area contributed by atoms with Crippen molar-refractivity contribution < 1.29 is 23.0 Å². The van der Waals surface area contributed by atoms with Gasteiger partial charge < -0.3 is 14.7 Å². The van der Waals surface area contributed by atoms with Gasteiger partial charge in [0.05, 0.1) is 6.42 Å². The van der Waals surface area contributed by atoms with Gasteiger partial charge in [-0.3, -0.25) is 0 Å². The number of alkyl halides is 3. The van der Waals surface area contributed by atoms with Gasteiger partial charge in [0.15, 0.2) is 5.17 Å². The van der Waals surface area contributed by atoms with Gasteiger partial charge in [0.1, 0.15) is 6.23 Å². The number of hydrogen-bond acceptors (Lipinski definition) is 5. The number of ether oxygens (including phenoxy) is 1. The Kier molecular flexibility index (Phi) is 4.32. The Labute approximate surface area is 102 Å². The van der Waals surface area contributed by atoms with Gasteiger partial charge in [-0.1, -0.05) is 11.8 Å². The van der Waals surface area contributed by atoms with Crippen LogP contribution in [0.5, 0.6) is 0 Å². The van der Waals surface area contributed by atoms with E-state index in [9.17, 15) is 18.3 Å². The molecule has 0 aromatic rings. The largest absolute Gasteiger partial charge is 0.438 e. The average molecular weight is 272 g/mol. The van der Waals surface area contributed by atoms with Crippen molar-refractivity contribution in [1.82, 2.24) is 4.90 Å². The maximum atomic E-state index is 12.7. The van der Waals surface area contributed by atoms with E-state index in [0.717, 1.165) is 11.8 Å². The molecule has 4 nitrogen and oxygen atoms in total. The van der Waals surface area contributed by atoms with Gasteiger partial charge in [0.2, 0.25) is 0 Å². The lowest BCUT2D eigenvalue weighted by Gasteiger charge is -2.40. The topological polar surface area (TPSA) is 45.1 Å². The average Bonchev–Trinajstić information content (AvgIpc) is 2.22. The first-order chi connectivity index (χ1) is 7.75. The van der Waals surface area contributed by atoms with Crippen molar-refractivity contribution in [2.45, 2.75) is 31.5 Å². The Balaban J connectivity index is 3.06. The number of halogens is 3. The van der Waals surface area contributed by atoms with Crippen molar-refractivity contribution in [2.75, 3.05) is 19.9 Å². The second-order valence-electron chi connectivity index (χ2n) is 3.64. The first-order valence-electron chi connectivity index (χ1n) is 5.02. The van der Waals surface area contributed by atoms with Gasteiger partial charge in [-0.05, 0) is 13.2 Å². The van der Waals surface area contributed by atoms with E-state index in [2.05, 4.69) is 4.99 Å². The highest BCUT2D eigenvalue weighted by molar-refractivity contribution is 8.13. The molecule has 100 valence electrons. The standard InChI is InChI=1S/C9H15F3N2O2S/c1-4-16-6-5-8(15,9(10,11)12)13-7(17-3)14(6)2/h6,15H,4-5H2,1-3H3/t6-,8+/m0/s1. The molecule has 0 saturated carbocycles. The summed E-state index contributed by atoms with van der Waals surface area (Å²) in [6, 6.07) is 0. The summed E-state index contributed by atoms with van der Waals surface area (Å²) >= 11 is 1.04. The van der Waals surface area contributed by atoms with E-state index < -0.39 is 24.6 Å². The number of rotatable bonds is 2. The van der Waals surface area contributed by atoms with Crippen molar-refractivity contribution in [2.24, 2.45) is 4.99 Å². The van der Waals surface area contributed by atoms with Crippen molar-refractivity contribution in [3.05, 3.63) is 0 Å². The third kappa shape index (κ3) is 2.86. The summed E-state index contributed by atoms with van der Waals surface area (Å²) in [7, 11) is 1.59. The quantitative estimate of drug-likeness (QED) is 0.830. The molecule has 2 atom stereocenters. The molecule has 0 unspecified atom stereocenters. The third-order valence-corrected chi connectivity index (χ3v) is 3.21. The Morgan fingerprint density at radius 3 is 2.65 bits per heavy atom. The highest BCUT2D eigenvalue weighted by Crippen LogP contribution is 2.39. The summed E-state index contributed by atoms with van der Waals surface area (Å²) in [4.78, 5) is 4.87. The predicted octanol–water partition coefficient (Wildman–Crippen LogP) is 1.65. The fourth-order valence-electron chi connectivity index (χ4n) is 1.52. The van der Waals surface area contributed by atoms with Gasteiger partial charge in [0.25, 0.3) is 5.72 Å². The highest BCUT2D eigenvalue weighted by atomic mass is 32.2. The van der Waals surface area contributed by atoms with Crippen LogP contribution in [0.4, 0.5) is 13.2 Å². The molecule has 0 bridgehead atoms. The van der Waals surface area contributed by atoms with Crippen molar-refractivity contribution in [1.29, 1.82) is 0 Å². The van der Waals surface area contributed by atoms with E-state index in [1.54, 1.807) is 20.2 Å². The fourth-order valence-corrected chi connectivity index (χ4v) is 2.17. The monoisotopic (exact) mass is 272 g/mol. The molecular weight excluding hydrogens is 257 g/mol. The van der Waals surface area contributed by atoms with Crippen molar-refractivity contribution >= 4 is 16.9 Å². The summed E-state index contributed by atoms with van der Waals surface area (Å²) in [5, 5.41) is 9.70. The number of hydrogen-bond donors (Lipinski definition) is 1. The normalized spacial score (nSPS) is 30.4.